The number of rotatable bonds is 2. The fourth-order valence-corrected chi connectivity index (χ4v) is 1.14. The van der Waals surface area contributed by atoms with Crippen LogP contribution in [-0.4, -0.2) is 12.0 Å². The summed E-state index contributed by atoms with van der Waals surface area (Å²) in [6.45, 7) is 0. The highest BCUT2D eigenvalue weighted by Crippen LogP contribution is 2.33. The van der Waals surface area contributed by atoms with Crippen molar-refractivity contribution in [3.63, 3.8) is 0 Å². The Hall–Kier alpha value is -0.180. The second-order valence-electron chi connectivity index (χ2n) is 2.81. The van der Waals surface area contributed by atoms with Gasteiger partial charge in [0.1, 0.15) is 0 Å². The minimum atomic E-state index is -2.23. The van der Waals surface area contributed by atoms with E-state index in [4.69, 9.17) is 5.73 Å². The first kappa shape index (κ1) is 6.93. The van der Waals surface area contributed by atoms with Gasteiger partial charge in [0.25, 0.3) is 0 Å². The minimum Gasteiger partial charge on any atom is -0.325 e. The van der Waals surface area contributed by atoms with Crippen LogP contribution in [0.3, 0.4) is 0 Å². The molecule has 0 aromatic heterocycles. The minimum absolute atomic E-state index is 0.118. The van der Waals surface area contributed by atoms with E-state index < -0.39 is 12.0 Å². The Balaban J connectivity index is 2.24. The molecular formula is C6H11F2N. The zero-order valence-corrected chi connectivity index (χ0v) is 5.24. The quantitative estimate of drug-likeness (QED) is 0.610. The SMILES string of the molecule is NC1(CC(F)F)CCC1. The Morgan fingerprint density at radius 2 is 2.00 bits per heavy atom. The van der Waals surface area contributed by atoms with Crippen LogP contribution in [0.5, 0.6) is 0 Å². The predicted molar refractivity (Wildman–Crippen MR) is 31.4 cm³/mol. The zero-order valence-electron chi connectivity index (χ0n) is 5.24. The highest BCUT2D eigenvalue weighted by Gasteiger charge is 2.34. The first-order chi connectivity index (χ1) is 4.12. The lowest BCUT2D eigenvalue weighted by Gasteiger charge is -2.37. The van der Waals surface area contributed by atoms with Crippen molar-refractivity contribution >= 4 is 0 Å². The third kappa shape index (κ3) is 1.61. The van der Waals surface area contributed by atoms with Gasteiger partial charge in [-0.15, -0.1) is 0 Å². The molecule has 1 fully saturated rings. The molecule has 0 atom stereocenters. The van der Waals surface area contributed by atoms with E-state index in [0.29, 0.717) is 0 Å². The topological polar surface area (TPSA) is 26.0 Å². The summed E-state index contributed by atoms with van der Waals surface area (Å²) in [7, 11) is 0. The Kier molecular flexibility index (Phi) is 1.70. The Morgan fingerprint density at radius 3 is 2.11 bits per heavy atom. The van der Waals surface area contributed by atoms with Crippen molar-refractivity contribution in [1.29, 1.82) is 0 Å². The van der Waals surface area contributed by atoms with Gasteiger partial charge in [-0.25, -0.2) is 8.78 Å². The molecule has 1 saturated carbocycles. The van der Waals surface area contributed by atoms with Crippen molar-refractivity contribution in [2.24, 2.45) is 5.73 Å². The van der Waals surface area contributed by atoms with E-state index in [1.165, 1.54) is 0 Å². The number of halogens is 2. The fraction of sp³-hybridized carbons (Fsp3) is 1.00. The van der Waals surface area contributed by atoms with Crippen molar-refractivity contribution in [2.75, 3.05) is 0 Å². The predicted octanol–water partition coefficient (Wildman–Crippen LogP) is 1.52. The highest BCUT2D eigenvalue weighted by atomic mass is 19.3. The van der Waals surface area contributed by atoms with Crippen LogP contribution in [0.2, 0.25) is 0 Å². The summed E-state index contributed by atoms with van der Waals surface area (Å²) in [5.41, 5.74) is 5.02. The van der Waals surface area contributed by atoms with Gasteiger partial charge < -0.3 is 5.73 Å². The van der Waals surface area contributed by atoms with E-state index in [-0.39, 0.29) is 6.42 Å². The Morgan fingerprint density at radius 1 is 1.44 bits per heavy atom. The van der Waals surface area contributed by atoms with Gasteiger partial charge in [0, 0.05) is 12.0 Å². The van der Waals surface area contributed by atoms with Gasteiger partial charge in [-0.3, -0.25) is 0 Å². The van der Waals surface area contributed by atoms with Gasteiger partial charge in [-0.2, -0.15) is 0 Å². The summed E-state index contributed by atoms with van der Waals surface area (Å²) in [4.78, 5) is 0. The molecule has 0 aliphatic heterocycles. The second kappa shape index (κ2) is 2.21. The van der Waals surface area contributed by atoms with E-state index in [1.807, 2.05) is 0 Å². The number of hydrogen-bond acceptors (Lipinski definition) is 1. The average Bonchev–Trinajstić information content (AvgIpc) is 1.60. The molecule has 0 amide bonds. The van der Waals surface area contributed by atoms with Crippen molar-refractivity contribution in [3.05, 3.63) is 0 Å². The van der Waals surface area contributed by atoms with Crippen LogP contribution in [0.4, 0.5) is 8.78 Å². The van der Waals surface area contributed by atoms with E-state index in [9.17, 15) is 8.78 Å². The third-order valence-electron chi connectivity index (χ3n) is 1.91. The average molecular weight is 135 g/mol. The highest BCUT2D eigenvalue weighted by molar-refractivity contribution is 4.92. The molecule has 1 aliphatic carbocycles. The normalized spacial score (nSPS) is 24.0. The summed E-state index contributed by atoms with van der Waals surface area (Å²) in [5, 5.41) is 0. The van der Waals surface area contributed by atoms with E-state index in [0.717, 1.165) is 19.3 Å². The van der Waals surface area contributed by atoms with E-state index in [1.54, 1.807) is 0 Å². The largest absolute Gasteiger partial charge is 0.325 e. The molecule has 0 heterocycles. The van der Waals surface area contributed by atoms with Gasteiger partial charge in [0.2, 0.25) is 6.43 Å². The Labute approximate surface area is 53.2 Å². The van der Waals surface area contributed by atoms with Crippen LogP contribution >= 0.6 is 0 Å². The lowest BCUT2D eigenvalue weighted by atomic mass is 9.75. The molecule has 9 heavy (non-hydrogen) atoms. The van der Waals surface area contributed by atoms with Crippen LogP contribution in [0.15, 0.2) is 0 Å². The zero-order chi connectivity index (χ0) is 6.91. The van der Waals surface area contributed by atoms with Crippen LogP contribution in [0.1, 0.15) is 25.7 Å². The maximum atomic E-state index is 11.7. The molecule has 0 radical (unpaired) electrons. The number of nitrogens with two attached hydrogens (primary N) is 1. The second-order valence-corrected chi connectivity index (χ2v) is 2.81. The molecule has 3 heteroatoms. The standard InChI is InChI=1S/C6H11F2N/c7-5(8)4-6(9)2-1-3-6/h5H,1-4,9H2. The molecule has 0 aromatic rings. The number of hydrogen-bond donors (Lipinski definition) is 1. The molecule has 1 nitrogen and oxygen atoms in total. The van der Waals surface area contributed by atoms with Crippen molar-refractivity contribution in [1.82, 2.24) is 0 Å². The number of alkyl halides is 2. The molecular weight excluding hydrogens is 124 g/mol. The first-order valence-corrected chi connectivity index (χ1v) is 3.19. The van der Waals surface area contributed by atoms with Gasteiger partial charge in [-0.1, -0.05) is 0 Å². The van der Waals surface area contributed by atoms with Crippen LogP contribution in [0, 0.1) is 0 Å². The maximum Gasteiger partial charge on any atom is 0.240 e. The molecule has 0 saturated heterocycles. The molecule has 54 valence electrons. The van der Waals surface area contributed by atoms with Gasteiger partial charge >= 0.3 is 0 Å². The molecule has 0 aromatic carbocycles. The molecule has 2 N–H and O–H groups in total. The molecule has 0 spiro atoms. The van der Waals surface area contributed by atoms with Crippen molar-refractivity contribution in [2.45, 2.75) is 37.6 Å². The smallest absolute Gasteiger partial charge is 0.240 e. The Bertz CT molecular complexity index is 99.2. The van der Waals surface area contributed by atoms with E-state index in [2.05, 4.69) is 0 Å². The van der Waals surface area contributed by atoms with Crippen LogP contribution < -0.4 is 5.73 Å². The fourth-order valence-electron chi connectivity index (χ4n) is 1.14. The molecule has 1 aliphatic rings. The monoisotopic (exact) mass is 135 g/mol. The maximum absolute atomic E-state index is 11.7. The van der Waals surface area contributed by atoms with Gasteiger partial charge in [0.05, 0.1) is 0 Å². The molecule has 0 unspecified atom stereocenters. The summed E-state index contributed by atoms with van der Waals surface area (Å²) >= 11 is 0. The van der Waals surface area contributed by atoms with Gasteiger partial charge in [-0.05, 0) is 19.3 Å². The summed E-state index contributed by atoms with van der Waals surface area (Å²) < 4.78 is 23.3. The van der Waals surface area contributed by atoms with Gasteiger partial charge in [0.15, 0.2) is 0 Å². The lowest BCUT2D eigenvalue weighted by Crippen LogP contribution is -2.47. The first-order valence-electron chi connectivity index (χ1n) is 3.19. The van der Waals surface area contributed by atoms with Crippen LogP contribution in [-0.2, 0) is 0 Å². The molecule has 0 bridgehead atoms. The van der Waals surface area contributed by atoms with Crippen LogP contribution in [0.25, 0.3) is 0 Å². The summed E-state index contributed by atoms with van der Waals surface area (Å²) in [6.07, 6.45) is 0.223. The molecule has 1 rings (SSSR count). The van der Waals surface area contributed by atoms with Crippen molar-refractivity contribution < 1.29 is 8.78 Å². The van der Waals surface area contributed by atoms with E-state index >= 15 is 0 Å². The summed E-state index contributed by atoms with van der Waals surface area (Å²) in [6, 6.07) is 0. The third-order valence-corrected chi connectivity index (χ3v) is 1.91. The van der Waals surface area contributed by atoms with Crippen molar-refractivity contribution in [3.8, 4) is 0 Å². The lowest BCUT2D eigenvalue weighted by molar-refractivity contribution is 0.0754. The summed E-state index contributed by atoms with van der Waals surface area (Å²) in [5.74, 6) is 0.